The van der Waals surface area contributed by atoms with E-state index in [-0.39, 0.29) is 6.04 Å². The maximum absolute atomic E-state index is 11.6. The lowest BCUT2D eigenvalue weighted by atomic mass is 10.2. The van der Waals surface area contributed by atoms with Crippen LogP contribution >= 0.6 is 0 Å². The summed E-state index contributed by atoms with van der Waals surface area (Å²) in [6, 6.07) is -1.93. The van der Waals surface area contributed by atoms with Gasteiger partial charge in [0, 0.05) is 12.6 Å². The molecule has 0 saturated carbocycles. The van der Waals surface area contributed by atoms with Crippen LogP contribution < -0.4 is 10.6 Å². The molecular formula is C12H23N3O4. The van der Waals surface area contributed by atoms with Crippen LogP contribution in [0.15, 0.2) is 0 Å². The minimum atomic E-state index is -1.29. The van der Waals surface area contributed by atoms with Gasteiger partial charge in [0.05, 0.1) is 6.10 Å². The molecule has 7 heteroatoms. The van der Waals surface area contributed by atoms with Crippen LogP contribution in [0.25, 0.3) is 0 Å². The van der Waals surface area contributed by atoms with Crippen molar-refractivity contribution in [2.75, 3.05) is 19.6 Å². The van der Waals surface area contributed by atoms with Crippen molar-refractivity contribution in [1.29, 1.82) is 0 Å². The number of urea groups is 1. The molecule has 19 heavy (non-hydrogen) atoms. The highest BCUT2D eigenvalue weighted by Gasteiger charge is 2.25. The van der Waals surface area contributed by atoms with E-state index in [4.69, 9.17) is 5.11 Å². The van der Waals surface area contributed by atoms with E-state index in [1.54, 1.807) is 0 Å². The van der Waals surface area contributed by atoms with Crippen LogP contribution in [0.5, 0.6) is 0 Å². The summed E-state index contributed by atoms with van der Waals surface area (Å²) < 4.78 is 0. The Morgan fingerprint density at radius 3 is 2.26 bits per heavy atom. The Kier molecular flexibility index (Phi) is 6.04. The highest BCUT2D eigenvalue weighted by molar-refractivity contribution is 5.83. The summed E-state index contributed by atoms with van der Waals surface area (Å²) in [5.41, 5.74) is 0. The van der Waals surface area contributed by atoms with Gasteiger partial charge in [-0.2, -0.15) is 0 Å². The molecule has 0 aromatic rings. The van der Waals surface area contributed by atoms with Crippen molar-refractivity contribution in [3.63, 3.8) is 0 Å². The fraction of sp³-hybridized carbons (Fsp3) is 0.833. The molecule has 110 valence electrons. The molecule has 0 aromatic heterocycles. The molecule has 1 heterocycles. The molecule has 3 unspecified atom stereocenters. The smallest absolute Gasteiger partial charge is 0.328 e. The summed E-state index contributed by atoms with van der Waals surface area (Å²) in [5, 5.41) is 23.0. The van der Waals surface area contributed by atoms with E-state index in [0.29, 0.717) is 0 Å². The first kappa shape index (κ1) is 15.7. The van der Waals surface area contributed by atoms with E-state index in [0.717, 1.165) is 19.6 Å². The van der Waals surface area contributed by atoms with Gasteiger partial charge < -0.3 is 25.7 Å². The second kappa shape index (κ2) is 7.30. The van der Waals surface area contributed by atoms with Gasteiger partial charge in [-0.1, -0.05) is 0 Å². The number of likely N-dealkylation sites (tertiary alicyclic amines) is 1. The average molecular weight is 273 g/mol. The van der Waals surface area contributed by atoms with Crippen molar-refractivity contribution in [3.05, 3.63) is 0 Å². The molecule has 2 amide bonds. The zero-order valence-electron chi connectivity index (χ0n) is 11.4. The molecule has 1 saturated heterocycles. The van der Waals surface area contributed by atoms with Crippen LogP contribution in [0, 0.1) is 0 Å². The van der Waals surface area contributed by atoms with Crippen LogP contribution in [0.2, 0.25) is 0 Å². The van der Waals surface area contributed by atoms with Gasteiger partial charge in [0.1, 0.15) is 0 Å². The summed E-state index contributed by atoms with van der Waals surface area (Å²) in [6.07, 6.45) is 1.22. The lowest BCUT2D eigenvalue weighted by Gasteiger charge is -2.23. The number of hydrogen-bond donors (Lipinski definition) is 4. The molecule has 0 aromatic carbocycles. The lowest BCUT2D eigenvalue weighted by molar-refractivity contribution is -0.141. The van der Waals surface area contributed by atoms with Gasteiger partial charge in [0.25, 0.3) is 0 Å². The lowest BCUT2D eigenvalue weighted by Crippen LogP contribution is -2.53. The number of nitrogens with one attached hydrogen (secondary N) is 2. The Bertz CT molecular complexity index is 316. The van der Waals surface area contributed by atoms with Crippen molar-refractivity contribution < 1.29 is 19.8 Å². The number of aliphatic hydroxyl groups excluding tert-OH is 1. The minimum Gasteiger partial charge on any atom is -0.480 e. The SMILES string of the molecule is CC(CN1CCCC1)NC(=O)NC(C(=O)O)C(C)O. The van der Waals surface area contributed by atoms with Crippen LogP contribution in [0.3, 0.4) is 0 Å². The van der Waals surface area contributed by atoms with Gasteiger partial charge in [-0.05, 0) is 39.8 Å². The van der Waals surface area contributed by atoms with Gasteiger partial charge in [0.2, 0.25) is 0 Å². The largest absolute Gasteiger partial charge is 0.480 e. The standard InChI is InChI=1S/C12H23N3O4/c1-8(7-15-5-3-4-6-15)13-12(19)14-10(9(2)16)11(17)18/h8-10,16H,3-7H2,1-2H3,(H,17,18)(H2,13,14,19). The van der Waals surface area contributed by atoms with Crippen molar-refractivity contribution in [3.8, 4) is 0 Å². The van der Waals surface area contributed by atoms with E-state index < -0.39 is 24.1 Å². The highest BCUT2D eigenvalue weighted by Crippen LogP contribution is 2.07. The summed E-state index contributed by atoms with van der Waals surface area (Å²) >= 11 is 0. The second-order valence-electron chi connectivity index (χ2n) is 5.08. The van der Waals surface area contributed by atoms with E-state index in [1.807, 2.05) is 6.92 Å². The number of amides is 2. The number of aliphatic hydroxyl groups is 1. The molecule has 1 fully saturated rings. The maximum Gasteiger partial charge on any atom is 0.328 e. The fourth-order valence-electron chi connectivity index (χ4n) is 2.19. The molecular weight excluding hydrogens is 250 g/mol. The third kappa shape index (κ3) is 5.44. The van der Waals surface area contributed by atoms with Crippen molar-refractivity contribution >= 4 is 12.0 Å². The number of hydrogen-bond acceptors (Lipinski definition) is 4. The third-order valence-electron chi connectivity index (χ3n) is 3.14. The number of aliphatic carboxylic acids is 1. The molecule has 0 aliphatic carbocycles. The van der Waals surface area contributed by atoms with E-state index in [9.17, 15) is 14.7 Å². The molecule has 0 spiro atoms. The number of carboxylic acids is 1. The number of carbonyl (C=O) groups is 2. The second-order valence-corrected chi connectivity index (χ2v) is 5.08. The maximum atomic E-state index is 11.6. The third-order valence-corrected chi connectivity index (χ3v) is 3.14. The van der Waals surface area contributed by atoms with Gasteiger partial charge in [-0.25, -0.2) is 9.59 Å². The average Bonchev–Trinajstić information content (AvgIpc) is 2.77. The van der Waals surface area contributed by atoms with Crippen LogP contribution in [-0.2, 0) is 4.79 Å². The Morgan fingerprint density at radius 2 is 1.79 bits per heavy atom. The number of nitrogens with zero attached hydrogens (tertiary/aromatic N) is 1. The molecule has 3 atom stereocenters. The fourth-order valence-corrected chi connectivity index (χ4v) is 2.19. The van der Waals surface area contributed by atoms with Gasteiger partial charge in [-0.3, -0.25) is 0 Å². The Hall–Kier alpha value is -1.34. The van der Waals surface area contributed by atoms with Crippen molar-refractivity contribution in [2.24, 2.45) is 0 Å². The van der Waals surface area contributed by atoms with Crippen LogP contribution in [0.4, 0.5) is 4.79 Å². The normalized spacial score (nSPS) is 20.6. The summed E-state index contributed by atoms with van der Waals surface area (Å²) in [7, 11) is 0. The van der Waals surface area contributed by atoms with E-state index in [2.05, 4.69) is 15.5 Å². The number of rotatable bonds is 6. The predicted molar refractivity (Wildman–Crippen MR) is 69.9 cm³/mol. The monoisotopic (exact) mass is 273 g/mol. The zero-order valence-corrected chi connectivity index (χ0v) is 11.4. The number of carbonyl (C=O) groups excluding carboxylic acids is 1. The molecule has 1 rings (SSSR count). The van der Waals surface area contributed by atoms with E-state index in [1.165, 1.54) is 19.8 Å². The quantitative estimate of drug-likeness (QED) is 0.527. The van der Waals surface area contributed by atoms with Crippen molar-refractivity contribution in [1.82, 2.24) is 15.5 Å². The molecule has 0 radical (unpaired) electrons. The Labute approximate surface area is 113 Å². The summed E-state index contributed by atoms with van der Waals surface area (Å²) in [6.45, 7) is 6.03. The van der Waals surface area contributed by atoms with Crippen LogP contribution in [0.1, 0.15) is 26.7 Å². The summed E-state index contributed by atoms with van der Waals surface area (Å²) in [5.74, 6) is -1.25. The molecule has 4 N–H and O–H groups in total. The molecule has 1 aliphatic heterocycles. The Balaban J connectivity index is 2.34. The summed E-state index contributed by atoms with van der Waals surface area (Å²) in [4.78, 5) is 24.7. The predicted octanol–water partition coefficient (Wildman–Crippen LogP) is -0.396. The first-order valence-electron chi connectivity index (χ1n) is 6.60. The minimum absolute atomic E-state index is 0.0680. The molecule has 0 bridgehead atoms. The molecule has 7 nitrogen and oxygen atoms in total. The van der Waals surface area contributed by atoms with E-state index >= 15 is 0 Å². The topological polar surface area (TPSA) is 102 Å². The highest BCUT2D eigenvalue weighted by atomic mass is 16.4. The number of carboxylic acid groups (broad SMARTS) is 1. The zero-order chi connectivity index (χ0) is 14.4. The molecule has 1 aliphatic rings. The van der Waals surface area contributed by atoms with Crippen molar-refractivity contribution in [2.45, 2.75) is 44.9 Å². The van der Waals surface area contributed by atoms with Crippen LogP contribution in [-0.4, -0.2) is 64.9 Å². The van der Waals surface area contributed by atoms with Gasteiger partial charge >= 0.3 is 12.0 Å². The first-order chi connectivity index (χ1) is 8.90. The van der Waals surface area contributed by atoms with Gasteiger partial charge in [0.15, 0.2) is 6.04 Å². The van der Waals surface area contributed by atoms with Gasteiger partial charge in [-0.15, -0.1) is 0 Å². The first-order valence-corrected chi connectivity index (χ1v) is 6.60. The Morgan fingerprint density at radius 1 is 1.21 bits per heavy atom.